The summed E-state index contributed by atoms with van der Waals surface area (Å²) in [6.45, 7) is -0.819. The molecule has 0 bridgehead atoms. The number of nitrogens with zero attached hydrogens (tertiary/aromatic N) is 2. The summed E-state index contributed by atoms with van der Waals surface area (Å²) in [6.07, 6.45) is 6.00. The van der Waals surface area contributed by atoms with Crippen molar-refractivity contribution in [2.75, 3.05) is 24.2 Å². The number of carbonyl (C=O) groups is 2. The number of anilines is 1. The van der Waals surface area contributed by atoms with E-state index in [1.807, 2.05) is 30.3 Å². The molecule has 3 aromatic rings. The standard InChI is InChI=1S/C32H38FN3O5S/c1-41-30-20-12-11-19-28(30)36(42(2,39)40)23-31(37)35(22-25-15-9-10-18-27(25)33)29(21-24-13-5-3-6-14-24)32(38)34-26-16-7-4-8-17-26/h3,5-6,9-15,18-20,26,29H,4,7-8,16-17,21-23H2,1-2H3,(H,34,38)/t29-/m1/s1. The van der Waals surface area contributed by atoms with E-state index in [9.17, 15) is 22.4 Å². The normalized spacial score (nSPS) is 14.5. The highest BCUT2D eigenvalue weighted by Crippen LogP contribution is 2.30. The van der Waals surface area contributed by atoms with Gasteiger partial charge in [0.15, 0.2) is 0 Å². The Kier molecular flexibility index (Phi) is 10.6. The molecule has 0 spiro atoms. The molecular weight excluding hydrogens is 557 g/mol. The summed E-state index contributed by atoms with van der Waals surface area (Å²) in [5, 5.41) is 3.13. The van der Waals surface area contributed by atoms with Crippen molar-refractivity contribution in [2.45, 2.75) is 57.2 Å². The quantitative estimate of drug-likeness (QED) is 0.328. The van der Waals surface area contributed by atoms with Crippen molar-refractivity contribution in [1.82, 2.24) is 10.2 Å². The molecule has 3 aromatic carbocycles. The van der Waals surface area contributed by atoms with E-state index in [0.29, 0.717) is 0 Å². The minimum Gasteiger partial charge on any atom is -0.495 e. The number of carbonyl (C=O) groups excluding carboxylic acids is 2. The molecule has 0 unspecified atom stereocenters. The van der Waals surface area contributed by atoms with Crippen molar-refractivity contribution < 1.29 is 27.1 Å². The van der Waals surface area contributed by atoms with E-state index in [1.54, 1.807) is 42.5 Å². The molecule has 1 atom stereocenters. The van der Waals surface area contributed by atoms with Gasteiger partial charge in [-0.15, -0.1) is 0 Å². The van der Waals surface area contributed by atoms with Crippen LogP contribution in [0.25, 0.3) is 0 Å². The second-order valence-corrected chi connectivity index (χ2v) is 12.5. The molecule has 4 rings (SSSR count). The van der Waals surface area contributed by atoms with Gasteiger partial charge in [-0.3, -0.25) is 13.9 Å². The molecule has 1 saturated carbocycles. The van der Waals surface area contributed by atoms with E-state index in [1.165, 1.54) is 18.1 Å². The topological polar surface area (TPSA) is 96.0 Å². The van der Waals surface area contributed by atoms with Crippen molar-refractivity contribution in [3.63, 3.8) is 0 Å². The smallest absolute Gasteiger partial charge is 0.244 e. The molecule has 0 heterocycles. The Hall–Kier alpha value is -3.92. The van der Waals surface area contributed by atoms with Crippen LogP contribution in [0.15, 0.2) is 78.9 Å². The lowest BCUT2D eigenvalue weighted by atomic mass is 9.94. The summed E-state index contributed by atoms with van der Waals surface area (Å²) in [7, 11) is -2.54. The van der Waals surface area contributed by atoms with Crippen LogP contribution in [0.3, 0.4) is 0 Å². The number of ether oxygens (including phenoxy) is 1. The number of rotatable bonds is 12. The number of nitrogens with one attached hydrogen (secondary N) is 1. The van der Waals surface area contributed by atoms with E-state index in [-0.39, 0.29) is 41.9 Å². The van der Waals surface area contributed by atoms with Gasteiger partial charge in [0.1, 0.15) is 24.2 Å². The van der Waals surface area contributed by atoms with Crippen LogP contribution < -0.4 is 14.4 Å². The number of para-hydroxylation sites is 2. The summed E-state index contributed by atoms with van der Waals surface area (Å²) in [5.41, 5.74) is 1.22. The number of hydrogen-bond acceptors (Lipinski definition) is 5. The Morgan fingerprint density at radius 3 is 2.26 bits per heavy atom. The molecule has 8 nitrogen and oxygen atoms in total. The zero-order valence-electron chi connectivity index (χ0n) is 24.0. The Morgan fingerprint density at radius 1 is 0.952 bits per heavy atom. The molecule has 224 valence electrons. The number of methoxy groups -OCH3 is 1. The molecule has 1 aliphatic rings. The molecular formula is C32H38FN3O5S. The summed E-state index contributed by atoms with van der Waals surface area (Å²) in [4.78, 5) is 29.4. The van der Waals surface area contributed by atoms with Gasteiger partial charge in [0.25, 0.3) is 0 Å². The first-order chi connectivity index (χ1) is 20.2. The van der Waals surface area contributed by atoms with E-state index in [4.69, 9.17) is 4.74 Å². The lowest BCUT2D eigenvalue weighted by Gasteiger charge is -2.35. The van der Waals surface area contributed by atoms with Gasteiger partial charge in [0, 0.05) is 24.6 Å². The van der Waals surface area contributed by atoms with Crippen LogP contribution >= 0.6 is 0 Å². The predicted molar refractivity (Wildman–Crippen MR) is 161 cm³/mol. The predicted octanol–water partition coefficient (Wildman–Crippen LogP) is 4.69. The van der Waals surface area contributed by atoms with Gasteiger partial charge in [-0.1, -0.05) is 79.9 Å². The fourth-order valence-electron chi connectivity index (χ4n) is 5.34. The Balaban J connectivity index is 1.75. The maximum Gasteiger partial charge on any atom is 0.244 e. The number of sulfonamides is 1. The first-order valence-corrected chi connectivity index (χ1v) is 16.0. The monoisotopic (exact) mass is 595 g/mol. The SMILES string of the molecule is COc1ccccc1N(CC(=O)N(Cc1ccccc1F)[C@H](Cc1ccccc1)C(=O)NC1CCCCC1)S(C)(=O)=O. The number of benzene rings is 3. The third-order valence-corrected chi connectivity index (χ3v) is 8.68. The van der Waals surface area contributed by atoms with Gasteiger partial charge in [-0.05, 0) is 36.6 Å². The van der Waals surface area contributed by atoms with Crippen LogP contribution in [0.2, 0.25) is 0 Å². The lowest BCUT2D eigenvalue weighted by molar-refractivity contribution is -0.140. The molecule has 1 N–H and O–H groups in total. The third-order valence-electron chi connectivity index (χ3n) is 7.55. The first kappa shape index (κ1) is 31.0. The number of amides is 2. The molecule has 1 aliphatic carbocycles. The largest absolute Gasteiger partial charge is 0.495 e. The van der Waals surface area contributed by atoms with Crippen molar-refractivity contribution in [1.29, 1.82) is 0 Å². The molecule has 10 heteroatoms. The Bertz CT molecular complexity index is 1460. The van der Waals surface area contributed by atoms with Crippen molar-refractivity contribution >= 4 is 27.5 Å². The molecule has 0 aliphatic heterocycles. The second-order valence-electron chi connectivity index (χ2n) is 10.6. The van der Waals surface area contributed by atoms with Gasteiger partial charge in [-0.25, -0.2) is 12.8 Å². The fourth-order valence-corrected chi connectivity index (χ4v) is 6.19. The van der Waals surface area contributed by atoms with Gasteiger partial charge >= 0.3 is 0 Å². The Labute approximate surface area is 247 Å². The summed E-state index contributed by atoms with van der Waals surface area (Å²) < 4.78 is 47.2. The number of halogens is 1. The average Bonchev–Trinajstić information content (AvgIpc) is 2.99. The van der Waals surface area contributed by atoms with Crippen LogP contribution in [-0.2, 0) is 32.6 Å². The average molecular weight is 596 g/mol. The van der Waals surface area contributed by atoms with Gasteiger partial charge in [0.05, 0.1) is 19.1 Å². The van der Waals surface area contributed by atoms with Crippen molar-refractivity contribution in [3.05, 3.63) is 95.8 Å². The molecule has 2 amide bonds. The zero-order valence-corrected chi connectivity index (χ0v) is 24.9. The van der Waals surface area contributed by atoms with E-state index in [0.717, 1.165) is 48.2 Å². The minimum atomic E-state index is -3.96. The van der Waals surface area contributed by atoms with Crippen LogP contribution in [0.1, 0.15) is 43.2 Å². The Morgan fingerprint density at radius 2 is 1.60 bits per heavy atom. The van der Waals surface area contributed by atoms with E-state index in [2.05, 4.69) is 5.32 Å². The second kappa shape index (κ2) is 14.3. The number of hydrogen-bond donors (Lipinski definition) is 1. The minimum absolute atomic E-state index is 0.0176. The molecule has 42 heavy (non-hydrogen) atoms. The fraction of sp³-hybridized carbons (Fsp3) is 0.375. The van der Waals surface area contributed by atoms with Gasteiger partial charge in [-0.2, -0.15) is 0 Å². The first-order valence-electron chi connectivity index (χ1n) is 14.1. The highest BCUT2D eigenvalue weighted by molar-refractivity contribution is 7.92. The van der Waals surface area contributed by atoms with Crippen LogP contribution in [0.5, 0.6) is 5.75 Å². The lowest BCUT2D eigenvalue weighted by Crippen LogP contribution is -2.55. The zero-order chi connectivity index (χ0) is 30.1. The summed E-state index contributed by atoms with van der Waals surface area (Å²) in [6, 6.07) is 20.8. The van der Waals surface area contributed by atoms with Crippen molar-refractivity contribution in [3.8, 4) is 5.75 Å². The van der Waals surface area contributed by atoms with Gasteiger partial charge < -0.3 is 15.0 Å². The molecule has 0 aromatic heterocycles. The third kappa shape index (κ3) is 8.09. The van der Waals surface area contributed by atoms with Crippen molar-refractivity contribution in [2.24, 2.45) is 0 Å². The highest BCUT2D eigenvalue weighted by atomic mass is 32.2. The maximum atomic E-state index is 14.9. The van der Waals surface area contributed by atoms with E-state index >= 15 is 0 Å². The highest BCUT2D eigenvalue weighted by Gasteiger charge is 2.35. The molecule has 1 fully saturated rings. The molecule has 0 radical (unpaired) electrons. The van der Waals surface area contributed by atoms with E-state index < -0.39 is 34.3 Å². The maximum absolute atomic E-state index is 14.9. The summed E-state index contributed by atoms with van der Waals surface area (Å²) >= 11 is 0. The summed E-state index contributed by atoms with van der Waals surface area (Å²) in [5.74, 6) is -1.24. The molecule has 0 saturated heterocycles. The van der Waals surface area contributed by atoms with Crippen LogP contribution in [-0.4, -0.2) is 57.1 Å². The van der Waals surface area contributed by atoms with Gasteiger partial charge in [0.2, 0.25) is 21.8 Å². The van der Waals surface area contributed by atoms with Crippen LogP contribution in [0, 0.1) is 5.82 Å². The van der Waals surface area contributed by atoms with Crippen LogP contribution in [0.4, 0.5) is 10.1 Å².